The predicted octanol–water partition coefficient (Wildman–Crippen LogP) is 1.59. The van der Waals surface area contributed by atoms with Gasteiger partial charge in [0.05, 0.1) is 0 Å². The molecule has 0 aromatic carbocycles. The van der Waals surface area contributed by atoms with Crippen LogP contribution in [0.25, 0.3) is 0 Å². The zero-order chi connectivity index (χ0) is 11.9. The number of carbonyl (C=O) groups is 1. The van der Waals surface area contributed by atoms with Gasteiger partial charge in [0, 0.05) is 28.4 Å². The van der Waals surface area contributed by atoms with Gasteiger partial charge in [-0.25, -0.2) is 4.79 Å². The van der Waals surface area contributed by atoms with E-state index in [2.05, 4.69) is 32.0 Å². The number of carboxylic acid groups (broad SMARTS) is 1. The van der Waals surface area contributed by atoms with Gasteiger partial charge in [-0.05, 0) is 17.8 Å². The molecule has 1 atom stereocenters. The Morgan fingerprint density at radius 3 is 2.33 bits per heavy atom. The van der Waals surface area contributed by atoms with Crippen LogP contribution in [-0.2, 0) is 4.79 Å². The Hall–Kier alpha value is -0.740. The molecule has 0 aromatic rings. The van der Waals surface area contributed by atoms with Crippen molar-refractivity contribution < 1.29 is 23.1 Å². The van der Waals surface area contributed by atoms with E-state index in [1.807, 2.05) is 0 Å². The minimum Gasteiger partial charge on any atom is -0.475 e. The molecule has 0 aliphatic carbocycles. The first-order valence-corrected chi connectivity index (χ1v) is 4.79. The van der Waals surface area contributed by atoms with Gasteiger partial charge >= 0.3 is 12.1 Å². The quantitative estimate of drug-likeness (QED) is 0.665. The monoisotopic (exact) mass is 287 g/mol. The van der Waals surface area contributed by atoms with Crippen molar-refractivity contribution in [2.75, 3.05) is 13.1 Å². The van der Waals surface area contributed by atoms with Crippen LogP contribution in [-0.4, -0.2) is 30.3 Å². The Labute approximate surface area is 93.2 Å². The zero-order valence-electron chi connectivity index (χ0n) is 7.57. The molecule has 15 heavy (non-hydrogen) atoms. The summed E-state index contributed by atoms with van der Waals surface area (Å²) < 4.78 is 31.7. The third kappa shape index (κ3) is 7.22. The van der Waals surface area contributed by atoms with Crippen molar-refractivity contribution in [1.29, 1.82) is 0 Å². The lowest BCUT2D eigenvalue weighted by molar-refractivity contribution is -0.192. The second-order valence-electron chi connectivity index (χ2n) is 2.73. The average molecular weight is 288 g/mol. The SMILES string of the molecule is BrC#CC1CCNC1.O=C(O)C(F)(F)F. The molecule has 7 heteroatoms. The van der Waals surface area contributed by atoms with Gasteiger partial charge in [-0.2, -0.15) is 13.2 Å². The van der Waals surface area contributed by atoms with Crippen LogP contribution in [0, 0.1) is 16.7 Å². The minimum atomic E-state index is -5.08. The molecule has 0 saturated carbocycles. The van der Waals surface area contributed by atoms with E-state index in [0.717, 1.165) is 13.1 Å². The lowest BCUT2D eigenvalue weighted by Crippen LogP contribution is -2.21. The Kier molecular flexibility index (Phi) is 6.36. The summed E-state index contributed by atoms with van der Waals surface area (Å²) in [6.07, 6.45) is -3.88. The first-order valence-electron chi connectivity index (χ1n) is 4.00. The topological polar surface area (TPSA) is 49.3 Å². The van der Waals surface area contributed by atoms with Crippen molar-refractivity contribution in [3.05, 3.63) is 0 Å². The van der Waals surface area contributed by atoms with E-state index in [9.17, 15) is 13.2 Å². The summed E-state index contributed by atoms with van der Waals surface area (Å²) in [4.78, 5) is 11.6. The van der Waals surface area contributed by atoms with Crippen LogP contribution in [0.1, 0.15) is 6.42 Å². The highest BCUT2D eigenvalue weighted by atomic mass is 79.9. The van der Waals surface area contributed by atoms with Crippen LogP contribution < -0.4 is 5.32 Å². The maximum Gasteiger partial charge on any atom is 0.490 e. The Morgan fingerprint density at radius 1 is 1.53 bits per heavy atom. The van der Waals surface area contributed by atoms with Gasteiger partial charge in [-0.15, -0.1) is 0 Å². The van der Waals surface area contributed by atoms with E-state index in [-0.39, 0.29) is 0 Å². The third-order valence-electron chi connectivity index (χ3n) is 1.56. The van der Waals surface area contributed by atoms with Crippen LogP contribution in [0.4, 0.5) is 13.2 Å². The van der Waals surface area contributed by atoms with E-state index >= 15 is 0 Å². The molecular formula is C8H9BrF3NO2. The van der Waals surface area contributed by atoms with Crippen LogP contribution in [0.2, 0.25) is 0 Å². The number of rotatable bonds is 0. The van der Waals surface area contributed by atoms with E-state index in [1.54, 1.807) is 0 Å². The van der Waals surface area contributed by atoms with Crippen LogP contribution >= 0.6 is 15.9 Å². The largest absolute Gasteiger partial charge is 0.490 e. The van der Waals surface area contributed by atoms with Crippen LogP contribution in [0.3, 0.4) is 0 Å². The number of hydrogen-bond donors (Lipinski definition) is 2. The van der Waals surface area contributed by atoms with Crippen molar-refractivity contribution in [3.8, 4) is 10.8 Å². The second-order valence-corrected chi connectivity index (χ2v) is 3.13. The first-order chi connectivity index (χ1) is 6.88. The van der Waals surface area contributed by atoms with Crippen molar-refractivity contribution in [2.24, 2.45) is 5.92 Å². The number of halogens is 4. The summed E-state index contributed by atoms with van der Waals surface area (Å²) in [5.41, 5.74) is 0. The molecule has 1 unspecified atom stereocenters. The lowest BCUT2D eigenvalue weighted by Gasteiger charge is -1.93. The van der Waals surface area contributed by atoms with E-state index < -0.39 is 12.1 Å². The second kappa shape index (κ2) is 6.69. The smallest absolute Gasteiger partial charge is 0.475 e. The van der Waals surface area contributed by atoms with E-state index in [0.29, 0.717) is 5.92 Å². The molecule has 1 saturated heterocycles. The molecule has 0 amide bonds. The fourth-order valence-electron chi connectivity index (χ4n) is 0.855. The molecule has 1 fully saturated rings. The predicted molar refractivity (Wildman–Crippen MR) is 51.4 cm³/mol. The van der Waals surface area contributed by atoms with Crippen molar-refractivity contribution in [3.63, 3.8) is 0 Å². The van der Waals surface area contributed by atoms with Crippen molar-refractivity contribution in [2.45, 2.75) is 12.6 Å². The Balaban J connectivity index is 0.000000265. The van der Waals surface area contributed by atoms with Crippen molar-refractivity contribution >= 4 is 21.9 Å². The number of alkyl halides is 3. The highest BCUT2D eigenvalue weighted by molar-refractivity contribution is 9.12. The fourth-order valence-corrected chi connectivity index (χ4v) is 1.18. The molecule has 0 bridgehead atoms. The van der Waals surface area contributed by atoms with Gasteiger partial charge in [0.25, 0.3) is 0 Å². The Morgan fingerprint density at radius 2 is 2.07 bits per heavy atom. The summed E-state index contributed by atoms with van der Waals surface area (Å²) in [6, 6.07) is 0. The van der Waals surface area contributed by atoms with Gasteiger partial charge in [0.15, 0.2) is 0 Å². The number of aliphatic carboxylic acids is 1. The molecule has 1 aliphatic rings. The number of hydrogen-bond acceptors (Lipinski definition) is 2. The summed E-state index contributed by atoms with van der Waals surface area (Å²) in [6.45, 7) is 2.20. The standard InChI is InChI=1S/C6H8BrN.C2HF3O2/c7-3-1-6-2-4-8-5-6;3-2(4,5)1(6)7/h6,8H,2,4-5H2;(H,6,7). The molecule has 0 radical (unpaired) electrons. The normalized spacial score (nSPS) is 19.6. The molecule has 1 rings (SSSR count). The van der Waals surface area contributed by atoms with Crippen molar-refractivity contribution in [1.82, 2.24) is 5.32 Å². The maximum atomic E-state index is 10.6. The lowest BCUT2D eigenvalue weighted by atomic mass is 10.1. The first kappa shape index (κ1) is 14.3. The zero-order valence-corrected chi connectivity index (χ0v) is 9.15. The molecular weight excluding hydrogens is 279 g/mol. The average Bonchev–Trinajstić information content (AvgIpc) is 2.57. The highest BCUT2D eigenvalue weighted by Gasteiger charge is 2.38. The molecule has 1 heterocycles. The Bertz CT molecular complexity index is 263. The molecule has 2 N–H and O–H groups in total. The van der Waals surface area contributed by atoms with Gasteiger partial charge in [0.1, 0.15) is 0 Å². The summed E-state index contributed by atoms with van der Waals surface area (Å²) in [5, 5.41) is 10.4. The molecule has 1 aliphatic heterocycles. The van der Waals surface area contributed by atoms with Crippen LogP contribution in [0.15, 0.2) is 0 Å². The molecule has 86 valence electrons. The van der Waals surface area contributed by atoms with E-state index in [1.165, 1.54) is 6.42 Å². The summed E-state index contributed by atoms with van der Waals surface area (Å²) >= 11 is 3.07. The minimum absolute atomic E-state index is 0.592. The number of carboxylic acids is 1. The van der Waals surface area contributed by atoms with Gasteiger partial charge in [-0.3, -0.25) is 0 Å². The molecule has 3 nitrogen and oxygen atoms in total. The molecule has 0 spiro atoms. The summed E-state index contributed by atoms with van der Waals surface area (Å²) in [5.74, 6) is 0.884. The van der Waals surface area contributed by atoms with Gasteiger partial charge in [0.2, 0.25) is 0 Å². The van der Waals surface area contributed by atoms with Gasteiger partial charge < -0.3 is 10.4 Å². The highest BCUT2D eigenvalue weighted by Crippen LogP contribution is 2.13. The number of nitrogens with one attached hydrogen (secondary N) is 1. The van der Waals surface area contributed by atoms with Gasteiger partial charge in [-0.1, -0.05) is 5.92 Å². The molecule has 0 aromatic heterocycles. The van der Waals surface area contributed by atoms with E-state index in [4.69, 9.17) is 9.90 Å². The summed E-state index contributed by atoms with van der Waals surface area (Å²) in [7, 11) is 0. The van der Waals surface area contributed by atoms with Crippen LogP contribution in [0.5, 0.6) is 0 Å². The fraction of sp³-hybridized carbons (Fsp3) is 0.625. The maximum absolute atomic E-state index is 10.6. The third-order valence-corrected chi connectivity index (χ3v) is 1.79.